The Balaban J connectivity index is 1.30. The summed E-state index contributed by atoms with van der Waals surface area (Å²) in [4.78, 5) is 0. The van der Waals surface area contributed by atoms with Gasteiger partial charge in [-0.3, -0.25) is 0 Å². The molecule has 1 N–H and O–H groups in total. The number of fused-ring (bicyclic) bond motifs is 4. The number of rotatable bonds is 1. The topological polar surface area (TPSA) is 57.2 Å². The fourth-order valence-corrected chi connectivity index (χ4v) is 7.33. The van der Waals surface area contributed by atoms with Crippen LogP contribution in [0.5, 0.6) is 0 Å². The van der Waals surface area contributed by atoms with E-state index in [2.05, 4.69) is 6.08 Å². The van der Waals surface area contributed by atoms with Gasteiger partial charge in [-0.25, -0.2) is 0 Å². The molecule has 1 saturated carbocycles. The monoisotopic (exact) mass is 388 g/mol. The van der Waals surface area contributed by atoms with Gasteiger partial charge in [-0.05, 0) is 74.3 Å². The van der Waals surface area contributed by atoms with Crippen molar-refractivity contribution in [1.82, 2.24) is 0 Å². The maximum Gasteiger partial charge on any atom is 0.194 e. The summed E-state index contributed by atoms with van der Waals surface area (Å²) in [5, 5.41) is 11.7. The van der Waals surface area contributed by atoms with Crippen LogP contribution in [0, 0.1) is 17.8 Å². The summed E-state index contributed by atoms with van der Waals surface area (Å²) in [6, 6.07) is 0. The average Bonchev–Trinajstić information content (AvgIpc) is 3.43. The zero-order chi connectivity index (χ0) is 19.0. The lowest BCUT2D eigenvalue weighted by atomic mass is 9.61. The van der Waals surface area contributed by atoms with Gasteiger partial charge in [-0.15, -0.1) is 0 Å². The van der Waals surface area contributed by atoms with Gasteiger partial charge < -0.3 is 24.1 Å². The molecule has 154 valence electrons. The number of allylic oxidation sites excluding steroid dienone is 3. The molecule has 6 aliphatic rings. The number of hydrogen-bond acceptors (Lipinski definition) is 5. The molecule has 1 spiro atoms. The maximum atomic E-state index is 11.7. The highest BCUT2D eigenvalue weighted by atomic mass is 16.7. The van der Waals surface area contributed by atoms with E-state index < -0.39 is 11.4 Å². The summed E-state index contributed by atoms with van der Waals surface area (Å²) in [5.74, 6) is 0.186. The molecule has 6 rings (SSSR count). The van der Waals surface area contributed by atoms with Crippen LogP contribution in [0.15, 0.2) is 22.8 Å². The predicted molar refractivity (Wildman–Crippen MR) is 102 cm³/mol. The van der Waals surface area contributed by atoms with E-state index in [4.69, 9.17) is 18.9 Å². The van der Waals surface area contributed by atoms with Crippen LogP contribution in [0.3, 0.4) is 0 Å². The van der Waals surface area contributed by atoms with Gasteiger partial charge >= 0.3 is 0 Å². The molecule has 4 atom stereocenters. The number of ether oxygens (including phenoxy) is 4. The van der Waals surface area contributed by atoms with E-state index in [0.29, 0.717) is 25.0 Å². The predicted octanol–water partition coefficient (Wildman–Crippen LogP) is 3.47. The third kappa shape index (κ3) is 2.37. The molecule has 0 aromatic heterocycles. The highest BCUT2D eigenvalue weighted by Gasteiger charge is 2.63. The molecule has 0 bridgehead atoms. The van der Waals surface area contributed by atoms with Crippen molar-refractivity contribution in [2.24, 2.45) is 17.8 Å². The van der Waals surface area contributed by atoms with Gasteiger partial charge in [0.25, 0.3) is 0 Å². The number of aliphatic hydroxyl groups is 1. The highest BCUT2D eigenvalue weighted by Crippen LogP contribution is 2.60. The summed E-state index contributed by atoms with van der Waals surface area (Å²) in [5.41, 5.74) is 3.87. The molecule has 0 radical (unpaired) electrons. The molecule has 2 saturated heterocycles. The normalized spacial score (nSPS) is 43.6. The minimum Gasteiger partial charge on any atom is -0.384 e. The molecule has 0 aromatic carbocycles. The Hall–Kier alpha value is -0.720. The first-order valence-corrected chi connectivity index (χ1v) is 11.2. The lowest BCUT2D eigenvalue weighted by Gasteiger charge is -2.48. The quantitative estimate of drug-likeness (QED) is 0.745. The van der Waals surface area contributed by atoms with Crippen LogP contribution in [0.4, 0.5) is 0 Å². The van der Waals surface area contributed by atoms with E-state index in [1.54, 1.807) is 16.7 Å². The third-order valence-corrected chi connectivity index (χ3v) is 8.71. The van der Waals surface area contributed by atoms with Crippen LogP contribution < -0.4 is 0 Å². The first-order valence-electron chi connectivity index (χ1n) is 11.2. The molecule has 3 fully saturated rings. The second-order valence-electron chi connectivity index (χ2n) is 9.78. The smallest absolute Gasteiger partial charge is 0.194 e. The Labute approximate surface area is 167 Å². The van der Waals surface area contributed by atoms with E-state index in [1.165, 1.54) is 6.42 Å². The fraction of sp³-hybridized carbons (Fsp3) is 0.826. The first kappa shape index (κ1) is 18.1. The zero-order valence-electron chi connectivity index (χ0n) is 16.9. The van der Waals surface area contributed by atoms with Crippen molar-refractivity contribution in [1.29, 1.82) is 0 Å². The molecule has 2 heterocycles. The van der Waals surface area contributed by atoms with Crippen LogP contribution in [0.2, 0.25) is 0 Å². The molecule has 2 aliphatic heterocycles. The van der Waals surface area contributed by atoms with Crippen molar-refractivity contribution >= 4 is 0 Å². The first-order chi connectivity index (χ1) is 13.5. The van der Waals surface area contributed by atoms with Gasteiger partial charge in [0.1, 0.15) is 5.60 Å². The maximum absolute atomic E-state index is 11.7. The Bertz CT molecular complexity index is 727. The Morgan fingerprint density at radius 3 is 2.50 bits per heavy atom. The van der Waals surface area contributed by atoms with E-state index >= 15 is 0 Å². The SMILES string of the molecule is CC1([C@]2(O)CC[C@H]3[C@@H]4CCC5=C(CCC6(C5)OCCO6)C4=CC[C@@H]32)OCCO1. The molecule has 28 heavy (non-hydrogen) atoms. The van der Waals surface area contributed by atoms with Crippen molar-refractivity contribution in [2.45, 2.75) is 75.5 Å². The molecular formula is C23H32O5. The second kappa shape index (κ2) is 6.14. The lowest BCUT2D eigenvalue weighted by Crippen LogP contribution is -2.57. The van der Waals surface area contributed by atoms with Crippen LogP contribution in [0.1, 0.15) is 58.3 Å². The summed E-state index contributed by atoms with van der Waals surface area (Å²) in [7, 11) is 0. The van der Waals surface area contributed by atoms with Gasteiger partial charge in [0, 0.05) is 12.8 Å². The van der Waals surface area contributed by atoms with Crippen LogP contribution in [0.25, 0.3) is 0 Å². The van der Waals surface area contributed by atoms with Gasteiger partial charge in [0.15, 0.2) is 11.6 Å². The standard InChI is InChI=1S/C23H32O5/c1-21(25-10-11-26-21)23(24)9-7-19-18-3-2-15-14-22(27-12-13-28-22)8-6-16(15)17(18)4-5-20(19)23/h4,18-20,24H,2-3,5-14H2,1H3/t18-,19+,20+,23+/m1/s1. The van der Waals surface area contributed by atoms with Crippen LogP contribution >= 0.6 is 0 Å². The minimum atomic E-state index is -0.868. The average molecular weight is 389 g/mol. The summed E-state index contributed by atoms with van der Waals surface area (Å²) in [6.07, 6.45) is 10.6. The molecule has 5 heteroatoms. The van der Waals surface area contributed by atoms with E-state index in [0.717, 1.165) is 58.2 Å². The van der Waals surface area contributed by atoms with Crippen molar-refractivity contribution in [2.75, 3.05) is 26.4 Å². The fourth-order valence-electron chi connectivity index (χ4n) is 7.33. The van der Waals surface area contributed by atoms with Gasteiger partial charge in [-0.1, -0.05) is 11.6 Å². The largest absolute Gasteiger partial charge is 0.384 e. The van der Waals surface area contributed by atoms with Crippen LogP contribution in [-0.2, 0) is 18.9 Å². The molecule has 0 aromatic rings. The van der Waals surface area contributed by atoms with Crippen molar-refractivity contribution in [3.8, 4) is 0 Å². The Kier molecular flexibility index (Phi) is 3.97. The Morgan fingerprint density at radius 2 is 1.71 bits per heavy atom. The van der Waals surface area contributed by atoms with Crippen molar-refractivity contribution in [3.05, 3.63) is 22.8 Å². The molecule has 5 nitrogen and oxygen atoms in total. The highest BCUT2D eigenvalue weighted by molar-refractivity contribution is 5.44. The molecule has 4 aliphatic carbocycles. The van der Waals surface area contributed by atoms with E-state index in [1.807, 2.05) is 6.92 Å². The molecular weight excluding hydrogens is 356 g/mol. The van der Waals surface area contributed by atoms with Crippen molar-refractivity contribution in [3.63, 3.8) is 0 Å². The summed E-state index contributed by atoms with van der Waals surface area (Å²) in [6.45, 7) is 4.59. The second-order valence-corrected chi connectivity index (χ2v) is 9.78. The lowest BCUT2D eigenvalue weighted by molar-refractivity contribution is -0.273. The van der Waals surface area contributed by atoms with Gasteiger partial charge in [0.05, 0.1) is 26.4 Å². The summed E-state index contributed by atoms with van der Waals surface area (Å²) < 4.78 is 23.8. The third-order valence-electron chi connectivity index (χ3n) is 8.71. The summed E-state index contributed by atoms with van der Waals surface area (Å²) >= 11 is 0. The minimum absolute atomic E-state index is 0.239. The van der Waals surface area contributed by atoms with Crippen molar-refractivity contribution < 1.29 is 24.1 Å². The zero-order valence-corrected chi connectivity index (χ0v) is 16.9. The van der Waals surface area contributed by atoms with E-state index in [-0.39, 0.29) is 11.7 Å². The van der Waals surface area contributed by atoms with Crippen LogP contribution in [-0.4, -0.2) is 48.7 Å². The van der Waals surface area contributed by atoms with Gasteiger partial charge in [-0.2, -0.15) is 0 Å². The molecule has 0 unspecified atom stereocenters. The Morgan fingerprint density at radius 1 is 0.964 bits per heavy atom. The van der Waals surface area contributed by atoms with Gasteiger partial charge in [0.2, 0.25) is 0 Å². The molecule has 0 amide bonds. The number of hydrogen-bond donors (Lipinski definition) is 1. The van der Waals surface area contributed by atoms with E-state index in [9.17, 15) is 5.11 Å².